The average molecular weight is 487 g/mol. The summed E-state index contributed by atoms with van der Waals surface area (Å²) >= 11 is 0. The minimum atomic E-state index is -0.939. The smallest absolute Gasteiger partial charge is 0.304 e. The van der Waals surface area contributed by atoms with Crippen LogP contribution in [0.2, 0.25) is 0 Å². The second kappa shape index (κ2) is 23.1. The second-order valence-electron chi connectivity index (χ2n) is 9.23. The van der Waals surface area contributed by atoms with Gasteiger partial charge in [-0.2, -0.15) is 0 Å². The fraction of sp³-hybridized carbons (Fsp3) is 0.885. The zero-order chi connectivity index (χ0) is 25.4. The van der Waals surface area contributed by atoms with Crippen molar-refractivity contribution in [1.82, 2.24) is 9.80 Å². The molecule has 0 aromatic rings. The van der Waals surface area contributed by atoms with Crippen molar-refractivity contribution in [2.75, 3.05) is 39.3 Å². The lowest BCUT2D eigenvalue weighted by molar-refractivity contribution is -0.138. The van der Waals surface area contributed by atoms with Gasteiger partial charge in [-0.05, 0) is 6.42 Å². The summed E-state index contributed by atoms with van der Waals surface area (Å²) in [7, 11) is 0. The van der Waals surface area contributed by atoms with Crippen LogP contribution in [0.4, 0.5) is 0 Å². The van der Waals surface area contributed by atoms with Gasteiger partial charge >= 0.3 is 11.9 Å². The standard InChI is InChI=1S/C26H50N2O6/c1-2-3-4-5-6-7-8-9-10-11-12-13-14-15-24(30)28(22-23-29)21-20-27(18-16-25(31)32)19-17-26(33)34/h29H,2-23H2,1H3,(H,31,32)(H,33,34). The Labute approximate surface area is 206 Å². The lowest BCUT2D eigenvalue weighted by Crippen LogP contribution is -2.41. The molecule has 0 radical (unpaired) electrons. The number of hydrogen-bond acceptors (Lipinski definition) is 5. The van der Waals surface area contributed by atoms with Gasteiger partial charge in [0.25, 0.3) is 0 Å². The second-order valence-corrected chi connectivity index (χ2v) is 9.23. The molecule has 3 N–H and O–H groups in total. The first-order chi connectivity index (χ1) is 16.4. The summed E-state index contributed by atoms with van der Waals surface area (Å²) in [5, 5.41) is 27.1. The SMILES string of the molecule is CCCCCCCCCCCCCCCC(=O)N(CCO)CCN(CCC(=O)O)CCC(=O)O. The Morgan fingerprint density at radius 1 is 0.559 bits per heavy atom. The number of carbonyl (C=O) groups excluding carboxylic acids is 1. The van der Waals surface area contributed by atoms with E-state index in [1.165, 1.54) is 64.2 Å². The number of rotatable bonds is 25. The van der Waals surface area contributed by atoms with Crippen molar-refractivity contribution in [3.8, 4) is 0 Å². The van der Waals surface area contributed by atoms with Crippen LogP contribution in [0.3, 0.4) is 0 Å². The molecule has 0 aliphatic heterocycles. The third-order valence-electron chi connectivity index (χ3n) is 6.19. The Balaban J connectivity index is 4.03. The summed E-state index contributed by atoms with van der Waals surface area (Å²) in [6.07, 6.45) is 16.5. The monoisotopic (exact) mass is 486 g/mol. The average Bonchev–Trinajstić information content (AvgIpc) is 2.80. The molecule has 200 valence electrons. The molecule has 0 fully saturated rings. The number of aliphatic carboxylic acids is 2. The lowest BCUT2D eigenvalue weighted by Gasteiger charge is -2.27. The third kappa shape index (κ3) is 20.9. The predicted molar refractivity (Wildman–Crippen MR) is 135 cm³/mol. The van der Waals surface area contributed by atoms with E-state index in [0.717, 1.165) is 19.3 Å². The van der Waals surface area contributed by atoms with Crippen LogP contribution in [0.25, 0.3) is 0 Å². The largest absolute Gasteiger partial charge is 0.481 e. The lowest BCUT2D eigenvalue weighted by atomic mass is 10.0. The van der Waals surface area contributed by atoms with Crippen LogP contribution in [-0.2, 0) is 14.4 Å². The number of aliphatic hydroxyl groups excluding tert-OH is 1. The first kappa shape index (κ1) is 32.3. The molecule has 0 rings (SSSR count). The van der Waals surface area contributed by atoms with Crippen LogP contribution in [-0.4, -0.2) is 82.3 Å². The maximum Gasteiger partial charge on any atom is 0.304 e. The summed E-state index contributed by atoms with van der Waals surface area (Å²) < 4.78 is 0. The van der Waals surface area contributed by atoms with Crippen LogP contribution in [0.5, 0.6) is 0 Å². The zero-order valence-electron chi connectivity index (χ0n) is 21.5. The van der Waals surface area contributed by atoms with Crippen molar-refractivity contribution < 1.29 is 29.7 Å². The number of carbonyl (C=O) groups is 3. The van der Waals surface area contributed by atoms with Gasteiger partial charge in [0, 0.05) is 39.1 Å². The Bertz CT molecular complexity index is 511. The molecule has 0 unspecified atom stereocenters. The summed E-state index contributed by atoms with van der Waals surface area (Å²) in [5.41, 5.74) is 0. The number of carboxylic acid groups (broad SMARTS) is 2. The van der Waals surface area contributed by atoms with E-state index in [2.05, 4.69) is 6.92 Å². The van der Waals surface area contributed by atoms with Crippen LogP contribution in [0.15, 0.2) is 0 Å². The molecule has 0 aliphatic carbocycles. The number of nitrogens with zero attached hydrogens (tertiary/aromatic N) is 2. The molecule has 0 saturated carbocycles. The van der Waals surface area contributed by atoms with E-state index in [1.54, 1.807) is 9.80 Å². The van der Waals surface area contributed by atoms with Crippen molar-refractivity contribution >= 4 is 17.8 Å². The normalized spacial score (nSPS) is 11.1. The van der Waals surface area contributed by atoms with Gasteiger partial charge in [-0.25, -0.2) is 0 Å². The van der Waals surface area contributed by atoms with Crippen molar-refractivity contribution in [1.29, 1.82) is 0 Å². The van der Waals surface area contributed by atoms with Gasteiger partial charge in [0.05, 0.1) is 19.4 Å². The highest BCUT2D eigenvalue weighted by molar-refractivity contribution is 5.76. The van der Waals surface area contributed by atoms with Crippen LogP contribution in [0, 0.1) is 0 Å². The maximum atomic E-state index is 12.6. The van der Waals surface area contributed by atoms with Gasteiger partial charge in [0.15, 0.2) is 0 Å². The zero-order valence-corrected chi connectivity index (χ0v) is 21.5. The number of amides is 1. The third-order valence-corrected chi connectivity index (χ3v) is 6.19. The molecule has 8 nitrogen and oxygen atoms in total. The van der Waals surface area contributed by atoms with Crippen molar-refractivity contribution in [3.05, 3.63) is 0 Å². The Morgan fingerprint density at radius 2 is 1.00 bits per heavy atom. The molecular formula is C26H50N2O6. The van der Waals surface area contributed by atoms with Crippen LogP contribution < -0.4 is 0 Å². The van der Waals surface area contributed by atoms with E-state index in [1.807, 2.05) is 0 Å². The van der Waals surface area contributed by atoms with E-state index in [4.69, 9.17) is 10.2 Å². The minimum absolute atomic E-state index is 0.00598. The Hall–Kier alpha value is -1.67. The predicted octanol–water partition coefficient (Wildman–Crippen LogP) is 4.54. The number of hydrogen-bond donors (Lipinski definition) is 3. The molecule has 8 heteroatoms. The van der Waals surface area contributed by atoms with E-state index in [9.17, 15) is 19.5 Å². The first-order valence-electron chi connectivity index (χ1n) is 13.4. The van der Waals surface area contributed by atoms with E-state index in [0.29, 0.717) is 19.5 Å². The summed E-state index contributed by atoms with van der Waals surface area (Å²) in [6, 6.07) is 0. The fourth-order valence-corrected chi connectivity index (χ4v) is 4.04. The first-order valence-corrected chi connectivity index (χ1v) is 13.4. The van der Waals surface area contributed by atoms with Gasteiger partial charge < -0.3 is 25.1 Å². The van der Waals surface area contributed by atoms with Crippen LogP contribution in [0.1, 0.15) is 110 Å². The number of unbranched alkanes of at least 4 members (excludes halogenated alkanes) is 12. The van der Waals surface area contributed by atoms with Crippen molar-refractivity contribution in [3.63, 3.8) is 0 Å². The minimum Gasteiger partial charge on any atom is -0.481 e. The Morgan fingerprint density at radius 3 is 1.41 bits per heavy atom. The molecule has 1 amide bonds. The Kier molecular flexibility index (Phi) is 22.0. The van der Waals surface area contributed by atoms with E-state index >= 15 is 0 Å². The topological polar surface area (TPSA) is 118 Å². The highest BCUT2D eigenvalue weighted by Gasteiger charge is 2.16. The molecule has 0 bridgehead atoms. The van der Waals surface area contributed by atoms with E-state index < -0.39 is 11.9 Å². The number of aliphatic hydroxyl groups is 1. The molecule has 0 heterocycles. The molecule has 0 atom stereocenters. The summed E-state index contributed by atoms with van der Waals surface area (Å²) in [4.78, 5) is 37.7. The summed E-state index contributed by atoms with van der Waals surface area (Å²) in [5.74, 6) is -1.88. The molecular weight excluding hydrogens is 436 g/mol. The molecule has 0 saturated heterocycles. The van der Waals surface area contributed by atoms with Gasteiger partial charge in [-0.3, -0.25) is 14.4 Å². The van der Waals surface area contributed by atoms with Gasteiger partial charge in [0.2, 0.25) is 5.91 Å². The van der Waals surface area contributed by atoms with Gasteiger partial charge in [0.1, 0.15) is 0 Å². The molecule has 34 heavy (non-hydrogen) atoms. The van der Waals surface area contributed by atoms with Crippen LogP contribution >= 0.6 is 0 Å². The van der Waals surface area contributed by atoms with Gasteiger partial charge in [-0.15, -0.1) is 0 Å². The summed E-state index contributed by atoms with van der Waals surface area (Å²) in [6.45, 7) is 3.58. The fourth-order valence-electron chi connectivity index (χ4n) is 4.04. The quantitative estimate of drug-likeness (QED) is 0.162. The number of carboxylic acids is 2. The molecule has 0 aliphatic rings. The highest BCUT2D eigenvalue weighted by atomic mass is 16.4. The highest BCUT2D eigenvalue weighted by Crippen LogP contribution is 2.13. The van der Waals surface area contributed by atoms with E-state index in [-0.39, 0.29) is 45.0 Å². The van der Waals surface area contributed by atoms with Crippen molar-refractivity contribution in [2.24, 2.45) is 0 Å². The van der Waals surface area contributed by atoms with Gasteiger partial charge in [-0.1, -0.05) is 84.0 Å². The molecule has 0 aromatic heterocycles. The van der Waals surface area contributed by atoms with Crippen molar-refractivity contribution in [2.45, 2.75) is 110 Å². The molecule has 0 spiro atoms. The molecule has 0 aromatic carbocycles. The maximum absolute atomic E-state index is 12.6.